The lowest BCUT2D eigenvalue weighted by molar-refractivity contribution is -0.148. The fourth-order valence-electron chi connectivity index (χ4n) is 2.44. The Bertz CT molecular complexity index is 677. The summed E-state index contributed by atoms with van der Waals surface area (Å²) < 4.78 is 51.8. The fraction of sp³-hybridized carbons (Fsp3) is 0.462. The summed E-state index contributed by atoms with van der Waals surface area (Å²) in [6.45, 7) is 1.56. The Morgan fingerprint density at radius 2 is 2.05 bits per heavy atom. The lowest BCUT2D eigenvalue weighted by Gasteiger charge is -2.23. The third-order valence-electron chi connectivity index (χ3n) is 3.98. The lowest BCUT2D eigenvalue weighted by Crippen LogP contribution is -2.36. The van der Waals surface area contributed by atoms with E-state index >= 15 is 0 Å². The van der Waals surface area contributed by atoms with Gasteiger partial charge in [0.1, 0.15) is 0 Å². The third-order valence-corrected chi connectivity index (χ3v) is 5.82. The topological polar surface area (TPSA) is 74.7 Å². The second-order valence-corrected chi connectivity index (χ2v) is 7.04. The van der Waals surface area contributed by atoms with Gasteiger partial charge in [0.15, 0.2) is 11.6 Å². The van der Waals surface area contributed by atoms with Gasteiger partial charge in [-0.15, -0.1) is 0 Å². The summed E-state index contributed by atoms with van der Waals surface area (Å²) in [5.41, 5.74) is -1.12. The molecule has 1 atom stereocenters. The van der Waals surface area contributed by atoms with E-state index in [0.29, 0.717) is 12.5 Å². The first kappa shape index (κ1) is 15.8. The van der Waals surface area contributed by atoms with Crippen LogP contribution in [0, 0.1) is 17.0 Å². The summed E-state index contributed by atoms with van der Waals surface area (Å²) in [6, 6.07) is 2.32. The molecule has 21 heavy (non-hydrogen) atoms. The summed E-state index contributed by atoms with van der Waals surface area (Å²) in [5, 5.41) is 9.27. The van der Waals surface area contributed by atoms with E-state index in [2.05, 4.69) is 0 Å². The van der Waals surface area contributed by atoms with Crippen LogP contribution < -0.4 is 0 Å². The first-order valence-corrected chi connectivity index (χ1v) is 7.85. The van der Waals surface area contributed by atoms with Crippen LogP contribution in [0.4, 0.5) is 8.78 Å². The molecule has 5 nitrogen and oxygen atoms in total. The van der Waals surface area contributed by atoms with Gasteiger partial charge in [-0.3, -0.25) is 4.79 Å². The number of carboxylic acids is 1. The van der Waals surface area contributed by atoms with Gasteiger partial charge < -0.3 is 5.11 Å². The minimum atomic E-state index is -4.03. The number of halogens is 2. The van der Waals surface area contributed by atoms with Gasteiger partial charge in [0.2, 0.25) is 10.0 Å². The quantitative estimate of drug-likeness (QED) is 0.919. The Labute approximate surface area is 121 Å². The van der Waals surface area contributed by atoms with E-state index in [-0.39, 0.29) is 24.4 Å². The molecule has 1 aliphatic rings. The van der Waals surface area contributed by atoms with Crippen LogP contribution in [-0.2, 0) is 14.8 Å². The molecule has 1 aromatic carbocycles. The maximum absolute atomic E-state index is 13.2. The lowest BCUT2D eigenvalue weighted by atomic mass is 9.85. The Hall–Kier alpha value is -1.54. The van der Waals surface area contributed by atoms with Crippen molar-refractivity contribution in [2.75, 3.05) is 13.1 Å². The predicted molar refractivity (Wildman–Crippen MR) is 70.1 cm³/mol. The molecule has 116 valence electrons. The van der Waals surface area contributed by atoms with Crippen LogP contribution in [0.1, 0.15) is 19.8 Å². The number of nitrogens with zero attached hydrogens (tertiary/aromatic N) is 1. The van der Waals surface area contributed by atoms with Gasteiger partial charge in [-0.05, 0) is 31.0 Å². The minimum absolute atomic E-state index is 0.0431. The van der Waals surface area contributed by atoms with E-state index < -0.39 is 33.0 Å². The van der Waals surface area contributed by atoms with E-state index in [9.17, 15) is 27.1 Å². The van der Waals surface area contributed by atoms with Gasteiger partial charge in [0.05, 0.1) is 10.3 Å². The van der Waals surface area contributed by atoms with E-state index in [1.165, 1.54) is 0 Å². The predicted octanol–water partition coefficient (Wildman–Crippen LogP) is 1.84. The Morgan fingerprint density at radius 1 is 1.38 bits per heavy atom. The van der Waals surface area contributed by atoms with Crippen molar-refractivity contribution in [1.29, 1.82) is 0 Å². The summed E-state index contributed by atoms with van der Waals surface area (Å²) in [4.78, 5) is 11.0. The number of hydrogen-bond donors (Lipinski definition) is 1. The summed E-state index contributed by atoms with van der Waals surface area (Å²) >= 11 is 0. The highest BCUT2D eigenvalue weighted by Gasteiger charge is 2.47. The van der Waals surface area contributed by atoms with E-state index in [0.717, 1.165) is 16.4 Å². The SMILES string of the molecule is CCC1(C(=O)O)CCN(S(=O)(=O)c2ccc(F)c(F)c2)C1. The van der Waals surface area contributed by atoms with Crippen LogP contribution in [0.25, 0.3) is 0 Å². The third kappa shape index (κ3) is 2.65. The second-order valence-electron chi connectivity index (χ2n) is 5.10. The van der Waals surface area contributed by atoms with Crippen LogP contribution in [0.2, 0.25) is 0 Å². The maximum atomic E-state index is 13.2. The summed E-state index contributed by atoms with van der Waals surface area (Å²) in [6.07, 6.45) is 0.494. The largest absolute Gasteiger partial charge is 0.481 e. The van der Waals surface area contributed by atoms with Gasteiger partial charge in [0.25, 0.3) is 0 Å². The van der Waals surface area contributed by atoms with Gasteiger partial charge in [-0.1, -0.05) is 6.92 Å². The van der Waals surface area contributed by atoms with Crippen molar-refractivity contribution in [2.24, 2.45) is 5.41 Å². The van der Waals surface area contributed by atoms with Crippen molar-refractivity contribution in [3.05, 3.63) is 29.8 Å². The number of carbonyl (C=O) groups is 1. The molecule has 1 aliphatic heterocycles. The molecule has 1 unspecified atom stereocenters. The smallest absolute Gasteiger partial charge is 0.311 e. The molecule has 8 heteroatoms. The van der Waals surface area contributed by atoms with Crippen LogP contribution in [0.15, 0.2) is 23.1 Å². The molecule has 0 amide bonds. The number of aliphatic carboxylic acids is 1. The Balaban J connectivity index is 2.33. The molecule has 1 saturated heterocycles. The monoisotopic (exact) mass is 319 g/mol. The molecule has 0 bridgehead atoms. The van der Waals surface area contributed by atoms with Crippen molar-refractivity contribution in [1.82, 2.24) is 4.31 Å². The molecule has 1 N–H and O–H groups in total. The minimum Gasteiger partial charge on any atom is -0.481 e. The summed E-state index contributed by atoms with van der Waals surface area (Å²) in [5.74, 6) is -3.44. The zero-order valence-electron chi connectivity index (χ0n) is 11.3. The molecule has 0 aromatic heterocycles. The van der Waals surface area contributed by atoms with Crippen LogP contribution >= 0.6 is 0 Å². The second kappa shape index (κ2) is 5.34. The van der Waals surface area contributed by atoms with E-state index in [1.54, 1.807) is 6.92 Å². The maximum Gasteiger partial charge on any atom is 0.311 e. The van der Waals surface area contributed by atoms with Crippen molar-refractivity contribution in [3.63, 3.8) is 0 Å². The molecule has 0 aliphatic carbocycles. The molecular weight excluding hydrogens is 304 g/mol. The Morgan fingerprint density at radius 3 is 2.52 bits per heavy atom. The number of hydrogen-bond acceptors (Lipinski definition) is 3. The highest BCUT2D eigenvalue weighted by atomic mass is 32.2. The normalized spacial score (nSPS) is 23.4. The molecule has 0 radical (unpaired) electrons. The van der Waals surface area contributed by atoms with Gasteiger partial charge >= 0.3 is 5.97 Å². The molecule has 1 aromatic rings. The first-order chi connectivity index (χ1) is 9.73. The van der Waals surface area contributed by atoms with E-state index in [1.807, 2.05) is 0 Å². The van der Waals surface area contributed by atoms with Gasteiger partial charge in [-0.25, -0.2) is 17.2 Å². The average molecular weight is 319 g/mol. The standard InChI is InChI=1S/C13H15F2NO4S/c1-2-13(12(17)18)5-6-16(8-13)21(19,20)9-3-4-10(14)11(15)7-9/h3-4,7H,2,5-6,8H2,1H3,(H,17,18). The molecule has 1 heterocycles. The van der Waals surface area contributed by atoms with Crippen LogP contribution in [0.5, 0.6) is 0 Å². The molecule has 0 saturated carbocycles. The summed E-state index contributed by atoms with van der Waals surface area (Å²) in [7, 11) is -4.03. The molecule has 2 rings (SSSR count). The van der Waals surface area contributed by atoms with E-state index in [4.69, 9.17) is 0 Å². The first-order valence-electron chi connectivity index (χ1n) is 6.41. The zero-order valence-corrected chi connectivity index (χ0v) is 12.2. The van der Waals surface area contributed by atoms with Crippen molar-refractivity contribution < 1.29 is 27.1 Å². The van der Waals surface area contributed by atoms with Crippen molar-refractivity contribution in [3.8, 4) is 0 Å². The number of sulfonamides is 1. The molecule has 1 fully saturated rings. The van der Waals surface area contributed by atoms with Crippen molar-refractivity contribution >= 4 is 16.0 Å². The Kier molecular flexibility index (Phi) is 4.03. The highest BCUT2D eigenvalue weighted by molar-refractivity contribution is 7.89. The zero-order chi connectivity index (χ0) is 15.8. The number of benzene rings is 1. The fourth-order valence-corrected chi connectivity index (χ4v) is 3.98. The molecule has 0 spiro atoms. The average Bonchev–Trinajstić information content (AvgIpc) is 2.88. The number of rotatable bonds is 4. The molecular formula is C13H15F2NO4S. The van der Waals surface area contributed by atoms with Gasteiger partial charge in [0, 0.05) is 13.1 Å². The van der Waals surface area contributed by atoms with Crippen molar-refractivity contribution in [2.45, 2.75) is 24.7 Å². The van der Waals surface area contributed by atoms with Crippen LogP contribution in [0.3, 0.4) is 0 Å². The van der Waals surface area contributed by atoms with Gasteiger partial charge in [-0.2, -0.15) is 4.31 Å². The van der Waals surface area contributed by atoms with Crippen LogP contribution in [-0.4, -0.2) is 36.9 Å². The highest BCUT2D eigenvalue weighted by Crippen LogP contribution is 2.37. The number of carboxylic acid groups (broad SMARTS) is 1.